The van der Waals surface area contributed by atoms with E-state index in [2.05, 4.69) is 99.2 Å². The van der Waals surface area contributed by atoms with Gasteiger partial charge in [0.2, 0.25) is 0 Å². The van der Waals surface area contributed by atoms with E-state index in [-0.39, 0.29) is 5.41 Å². The zero-order valence-corrected chi connectivity index (χ0v) is 28.6. The molecular formula is C40H40O3S2. The van der Waals surface area contributed by atoms with E-state index >= 15 is 0 Å². The predicted octanol–water partition coefficient (Wildman–Crippen LogP) is 10.9. The van der Waals surface area contributed by atoms with Crippen LogP contribution in [-0.2, 0) is 15.8 Å². The molecule has 1 aliphatic heterocycles. The van der Waals surface area contributed by atoms with Crippen molar-refractivity contribution in [1.82, 2.24) is 0 Å². The van der Waals surface area contributed by atoms with Crippen LogP contribution in [0.25, 0.3) is 28.0 Å². The molecule has 0 aromatic heterocycles. The number of ether oxygens (including phenoxy) is 3. The maximum atomic E-state index is 7.57. The summed E-state index contributed by atoms with van der Waals surface area (Å²) in [5, 5.41) is 2.44. The first-order chi connectivity index (χ1) is 22.0. The smallest absolute Gasteiger partial charge is 0.174 e. The van der Waals surface area contributed by atoms with E-state index in [1.54, 1.807) is 26.0 Å². The van der Waals surface area contributed by atoms with Crippen LogP contribution in [0.5, 0.6) is 11.5 Å². The van der Waals surface area contributed by atoms with Gasteiger partial charge >= 0.3 is 0 Å². The molecule has 1 unspecified atom stereocenters. The number of benzene rings is 4. The Hall–Kier alpha value is -3.54. The van der Waals surface area contributed by atoms with E-state index < -0.39 is 5.60 Å². The minimum atomic E-state index is -0.760. The van der Waals surface area contributed by atoms with Crippen molar-refractivity contribution in [3.8, 4) is 22.6 Å². The lowest BCUT2D eigenvalue weighted by Gasteiger charge is -2.41. The van der Waals surface area contributed by atoms with E-state index in [4.69, 9.17) is 14.2 Å². The van der Waals surface area contributed by atoms with Crippen LogP contribution in [0.4, 0.5) is 0 Å². The van der Waals surface area contributed by atoms with Gasteiger partial charge < -0.3 is 14.2 Å². The Morgan fingerprint density at radius 3 is 2.18 bits per heavy atom. The first-order valence-corrected chi connectivity index (χ1v) is 18.3. The van der Waals surface area contributed by atoms with E-state index in [0.29, 0.717) is 0 Å². The maximum absolute atomic E-state index is 7.57. The zero-order valence-electron chi connectivity index (χ0n) is 27.0. The molecule has 0 saturated heterocycles. The van der Waals surface area contributed by atoms with Gasteiger partial charge in [-0.3, -0.25) is 0 Å². The number of allylic oxidation sites excluding steroid dienone is 3. The second kappa shape index (κ2) is 11.7. The molecule has 3 aliphatic rings. The normalized spacial score (nSPS) is 19.2. The highest BCUT2D eigenvalue weighted by atomic mass is 32.2. The third kappa shape index (κ3) is 4.49. The fraction of sp³-hybridized carbons (Fsp3) is 0.300. The lowest BCUT2D eigenvalue weighted by atomic mass is 9.71. The lowest BCUT2D eigenvalue weighted by Crippen LogP contribution is -2.36. The Balaban J connectivity index is 1.55. The highest BCUT2D eigenvalue weighted by Crippen LogP contribution is 2.61. The van der Waals surface area contributed by atoms with Gasteiger partial charge in [-0.15, -0.1) is 23.5 Å². The molecule has 45 heavy (non-hydrogen) atoms. The van der Waals surface area contributed by atoms with Gasteiger partial charge in [-0.05, 0) is 114 Å². The minimum absolute atomic E-state index is 0.0963. The van der Waals surface area contributed by atoms with Crippen molar-refractivity contribution in [2.75, 3.05) is 26.7 Å². The first kappa shape index (κ1) is 30.1. The Morgan fingerprint density at radius 1 is 0.800 bits per heavy atom. The third-order valence-corrected chi connectivity index (χ3v) is 11.8. The molecule has 3 nitrogen and oxygen atoms in total. The summed E-state index contributed by atoms with van der Waals surface area (Å²) in [6, 6.07) is 22.4. The number of hydrogen-bond donors (Lipinski definition) is 0. The molecule has 1 atom stereocenters. The Bertz CT molecular complexity index is 1900. The summed E-state index contributed by atoms with van der Waals surface area (Å²) in [6.45, 7) is 4.70. The van der Waals surface area contributed by atoms with Crippen LogP contribution in [0.2, 0.25) is 0 Å². The molecule has 0 radical (unpaired) electrons. The summed E-state index contributed by atoms with van der Waals surface area (Å²) in [4.78, 5) is 2.55. The molecule has 230 valence electrons. The second-order valence-electron chi connectivity index (χ2n) is 12.0. The quantitative estimate of drug-likeness (QED) is 0.180. The fourth-order valence-corrected chi connectivity index (χ4v) is 8.74. The fourth-order valence-electron chi connectivity index (χ4n) is 7.86. The minimum Gasteiger partial charge on any atom is -0.501 e. The van der Waals surface area contributed by atoms with Crippen LogP contribution >= 0.6 is 23.5 Å². The molecule has 0 N–H and O–H groups in total. The van der Waals surface area contributed by atoms with Crippen molar-refractivity contribution in [2.45, 2.75) is 60.3 Å². The van der Waals surface area contributed by atoms with Gasteiger partial charge in [0, 0.05) is 38.1 Å². The van der Waals surface area contributed by atoms with Gasteiger partial charge in [0.15, 0.2) is 5.60 Å². The molecule has 2 aliphatic carbocycles. The summed E-state index contributed by atoms with van der Waals surface area (Å²) in [5.74, 6) is 2.80. The SMILES string of the molecule is CCC1(CC)c2cc(SC)ccc2-c2c1c1c(c3cc(SC)ccc23)OC(C2=CC=C(OC)CC2)(c2ccc(OC)cc2)C=C1. The molecule has 0 saturated carbocycles. The van der Waals surface area contributed by atoms with Crippen LogP contribution in [0.15, 0.2) is 100 Å². The first-order valence-electron chi connectivity index (χ1n) is 15.8. The molecule has 7 rings (SSSR count). The number of rotatable bonds is 8. The summed E-state index contributed by atoms with van der Waals surface area (Å²) in [6.07, 6.45) is 17.0. The molecule has 0 spiro atoms. The third-order valence-electron chi connectivity index (χ3n) is 10.3. The average Bonchev–Trinajstić information content (AvgIpc) is 3.41. The second-order valence-corrected chi connectivity index (χ2v) is 13.8. The average molecular weight is 633 g/mol. The summed E-state index contributed by atoms with van der Waals surface area (Å²) in [5.41, 5.74) is 8.27. The van der Waals surface area contributed by atoms with Crippen LogP contribution in [0.3, 0.4) is 0 Å². The number of fused-ring (bicyclic) bond motifs is 8. The number of hydrogen-bond acceptors (Lipinski definition) is 5. The standard InChI is InChI=1S/C40H40O3S2/c1-7-39(8-2)35-24-30(45-6)18-20-32(35)36-31-19-17-29(44-5)23-34(31)38-33(37(36)39)21-22-40(43-38,25-9-13-27(41-3)14-10-25)26-11-15-28(42-4)16-12-26/h9-11,13-15,17-24H,7-8,12,16H2,1-6H3. The van der Waals surface area contributed by atoms with Gasteiger partial charge in [0.1, 0.15) is 11.5 Å². The van der Waals surface area contributed by atoms with E-state index in [1.807, 2.05) is 23.9 Å². The lowest BCUT2D eigenvalue weighted by molar-refractivity contribution is 0.151. The van der Waals surface area contributed by atoms with Crippen molar-refractivity contribution in [3.63, 3.8) is 0 Å². The number of thioether (sulfide) groups is 2. The number of methoxy groups -OCH3 is 2. The molecule has 0 fully saturated rings. The van der Waals surface area contributed by atoms with Crippen LogP contribution in [0, 0.1) is 0 Å². The zero-order chi connectivity index (χ0) is 31.3. The van der Waals surface area contributed by atoms with Gasteiger partial charge in [-0.2, -0.15) is 0 Å². The van der Waals surface area contributed by atoms with Crippen molar-refractivity contribution in [2.24, 2.45) is 0 Å². The molecular weight excluding hydrogens is 593 g/mol. The molecule has 4 aromatic carbocycles. The largest absolute Gasteiger partial charge is 0.501 e. The van der Waals surface area contributed by atoms with Gasteiger partial charge in [0.05, 0.1) is 20.0 Å². The highest BCUT2D eigenvalue weighted by molar-refractivity contribution is 7.98. The van der Waals surface area contributed by atoms with E-state index in [9.17, 15) is 0 Å². The molecule has 0 amide bonds. The highest BCUT2D eigenvalue weighted by Gasteiger charge is 2.47. The summed E-state index contributed by atoms with van der Waals surface area (Å²) in [7, 11) is 3.46. The Kier molecular flexibility index (Phi) is 7.82. The van der Waals surface area contributed by atoms with Crippen molar-refractivity contribution in [3.05, 3.63) is 112 Å². The molecule has 0 bridgehead atoms. The topological polar surface area (TPSA) is 27.7 Å². The van der Waals surface area contributed by atoms with Crippen LogP contribution in [-0.4, -0.2) is 26.7 Å². The van der Waals surface area contributed by atoms with Crippen LogP contribution in [0.1, 0.15) is 61.8 Å². The summed E-state index contributed by atoms with van der Waals surface area (Å²) < 4.78 is 18.7. The van der Waals surface area contributed by atoms with Gasteiger partial charge in [-0.25, -0.2) is 0 Å². The Labute approximate surface area is 275 Å². The molecule has 1 heterocycles. The van der Waals surface area contributed by atoms with Crippen molar-refractivity contribution < 1.29 is 14.2 Å². The van der Waals surface area contributed by atoms with E-state index in [0.717, 1.165) is 48.5 Å². The maximum Gasteiger partial charge on any atom is 0.174 e. The monoisotopic (exact) mass is 632 g/mol. The van der Waals surface area contributed by atoms with Gasteiger partial charge in [0.25, 0.3) is 0 Å². The van der Waals surface area contributed by atoms with Crippen molar-refractivity contribution in [1.29, 1.82) is 0 Å². The van der Waals surface area contributed by atoms with Crippen molar-refractivity contribution >= 4 is 40.4 Å². The Morgan fingerprint density at radius 2 is 1.53 bits per heavy atom. The predicted molar refractivity (Wildman–Crippen MR) is 191 cm³/mol. The van der Waals surface area contributed by atoms with E-state index in [1.165, 1.54) is 54.0 Å². The molecule has 4 aromatic rings. The van der Waals surface area contributed by atoms with Crippen LogP contribution < -0.4 is 9.47 Å². The van der Waals surface area contributed by atoms with Gasteiger partial charge in [-0.1, -0.05) is 50.3 Å². The summed E-state index contributed by atoms with van der Waals surface area (Å²) >= 11 is 3.59. The molecule has 5 heteroatoms.